The average Bonchev–Trinajstić information content (AvgIpc) is 3.62. The lowest BCUT2D eigenvalue weighted by Gasteiger charge is -2.34. The van der Waals surface area contributed by atoms with Gasteiger partial charge in [-0.25, -0.2) is 0 Å². The van der Waals surface area contributed by atoms with E-state index in [0.717, 1.165) is 68.8 Å². The van der Waals surface area contributed by atoms with Gasteiger partial charge < -0.3 is 5.32 Å². The normalized spacial score (nSPS) is 22.3. The second kappa shape index (κ2) is 13.3. The SMILES string of the molecule is C=C(/C=C1\CC(C=CCC)NC(=O)Cc2cnn(C3CCCC3)c21)C(=O)CN1CCN(Cc2ccncc2)CC1. The fourth-order valence-electron chi connectivity index (χ4n) is 6.11. The summed E-state index contributed by atoms with van der Waals surface area (Å²) in [6, 6.07) is 4.32. The van der Waals surface area contributed by atoms with E-state index in [1.54, 1.807) is 0 Å². The van der Waals surface area contributed by atoms with Gasteiger partial charge in [-0.15, -0.1) is 0 Å². The van der Waals surface area contributed by atoms with Crippen molar-refractivity contribution in [3.05, 3.63) is 77.9 Å². The number of carbonyl (C=O) groups is 2. The zero-order valence-corrected chi connectivity index (χ0v) is 23.7. The topological polar surface area (TPSA) is 83.4 Å². The van der Waals surface area contributed by atoms with Crippen molar-refractivity contribution in [3.8, 4) is 0 Å². The number of carbonyl (C=O) groups excluding carboxylic acids is 2. The van der Waals surface area contributed by atoms with Crippen LogP contribution in [0.2, 0.25) is 0 Å². The van der Waals surface area contributed by atoms with Gasteiger partial charge in [0.15, 0.2) is 5.78 Å². The van der Waals surface area contributed by atoms with Crippen molar-refractivity contribution in [2.75, 3.05) is 32.7 Å². The van der Waals surface area contributed by atoms with Crippen LogP contribution in [-0.4, -0.2) is 75.0 Å². The number of piperazine rings is 1. The van der Waals surface area contributed by atoms with Gasteiger partial charge in [0.1, 0.15) is 0 Å². The van der Waals surface area contributed by atoms with E-state index in [2.05, 4.69) is 62.6 Å². The Bertz CT molecular complexity index is 1250. The highest BCUT2D eigenvalue weighted by Crippen LogP contribution is 2.35. The smallest absolute Gasteiger partial charge is 0.225 e. The zero-order valence-electron chi connectivity index (χ0n) is 23.7. The number of hydrogen-bond acceptors (Lipinski definition) is 6. The Balaban J connectivity index is 1.30. The summed E-state index contributed by atoms with van der Waals surface area (Å²) in [5.74, 6) is 0.0605. The molecule has 40 heavy (non-hydrogen) atoms. The first kappa shape index (κ1) is 28.2. The van der Waals surface area contributed by atoms with Crippen LogP contribution >= 0.6 is 0 Å². The van der Waals surface area contributed by atoms with E-state index in [0.29, 0.717) is 31.0 Å². The lowest BCUT2D eigenvalue weighted by Crippen LogP contribution is -2.47. The molecule has 1 unspecified atom stereocenters. The number of allylic oxidation sites excluding steroid dienone is 2. The summed E-state index contributed by atoms with van der Waals surface area (Å²) in [5, 5.41) is 7.92. The van der Waals surface area contributed by atoms with Crippen molar-refractivity contribution in [2.24, 2.45) is 0 Å². The molecule has 1 saturated carbocycles. The zero-order chi connectivity index (χ0) is 27.9. The van der Waals surface area contributed by atoms with Crippen molar-refractivity contribution in [3.63, 3.8) is 0 Å². The molecule has 212 valence electrons. The minimum atomic E-state index is -0.129. The van der Waals surface area contributed by atoms with E-state index in [4.69, 9.17) is 5.10 Å². The minimum absolute atomic E-state index is 0.00926. The monoisotopic (exact) mass is 542 g/mol. The second-order valence-electron chi connectivity index (χ2n) is 11.3. The molecule has 8 heteroatoms. The largest absolute Gasteiger partial charge is 0.349 e. The first-order chi connectivity index (χ1) is 19.5. The molecule has 8 nitrogen and oxygen atoms in total. The van der Waals surface area contributed by atoms with Gasteiger partial charge in [0, 0.05) is 56.3 Å². The number of ketones is 1. The van der Waals surface area contributed by atoms with Crippen LogP contribution in [-0.2, 0) is 22.6 Å². The van der Waals surface area contributed by atoms with Crippen molar-refractivity contribution < 1.29 is 9.59 Å². The molecule has 1 atom stereocenters. The van der Waals surface area contributed by atoms with Crippen LogP contribution in [0.1, 0.15) is 68.3 Å². The predicted molar refractivity (Wildman–Crippen MR) is 157 cm³/mol. The van der Waals surface area contributed by atoms with Crippen molar-refractivity contribution >= 4 is 17.3 Å². The fourth-order valence-corrected chi connectivity index (χ4v) is 6.11. The maximum absolute atomic E-state index is 13.4. The average molecular weight is 543 g/mol. The molecule has 2 aromatic rings. The summed E-state index contributed by atoms with van der Waals surface area (Å²) in [6.07, 6.45) is 18.0. The summed E-state index contributed by atoms with van der Waals surface area (Å²) in [4.78, 5) is 35.0. The number of hydrogen-bond donors (Lipinski definition) is 1. The van der Waals surface area contributed by atoms with Gasteiger partial charge >= 0.3 is 0 Å². The molecule has 0 spiro atoms. The number of amides is 1. The summed E-state index contributed by atoms with van der Waals surface area (Å²) < 4.78 is 2.13. The Hall–Kier alpha value is -3.36. The third-order valence-electron chi connectivity index (χ3n) is 8.28. The number of nitrogens with zero attached hydrogens (tertiary/aromatic N) is 5. The van der Waals surface area contributed by atoms with Crippen LogP contribution in [0.5, 0.6) is 0 Å². The molecule has 1 aliphatic carbocycles. The van der Waals surface area contributed by atoms with Gasteiger partial charge in [-0.05, 0) is 55.0 Å². The minimum Gasteiger partial charge on any atom is -0.349 e. The first-order valence-corrected chi connectivity index (χ1v) is 14.8. The third-order valence-corrected chi connectivity index (χ3v) is 8.28. The maximum atomic E-state index is 13.4. The molecule has 0 aromatic carbocycles. The molecule has 5 rings (SSSR count). The molecule has 2 fully saturated rings. The van der Waals surface area contributed by atoms with Crippen LogP contribution in [0.25, 0.3) is 5.57 Å². The van der Waals surface area contributed by atoms with Crippen LogP contribution < -0.4 is 5.32 Å². The van der Waals surface area contributed by atoms with Gasteiger partial charge in [-0.1, -0.05) is 38.5 Å². The molecular weight excluding hydrogens is 500 g/mol. The van der Waals surface area contributed by atoms with Gasteiger partial charge in [0.2, 0.25) is 5.91 Å². The third kappa shape index (κ3) is 7.04. The lowest BCUT2D eigenvalue weighted by molar-refractivity contribution is -0.121. The van der Waals surface area contributed by atoms with E-state index >= 15 is 0 Å². The molecule has 2 aliphatic heterocycles. The van der Waals surface area contributed by atoms with Crippen LogP contribution in [0, 0.1) is 0 Å². The Labute approximate surface area is 237 Å². The highest BCUT2D eigenvalue weighted by Gasteiger charge is 2.29. The van der Waals surface area contributed by atoms with Crippen LogP contribution in [0.4, 0.5) is 0 Å². The molecule has 0 radical (unpaired) electrons. The van der Waals surface area contributed by atoms with Crippen molar-refractivity contribution in [1.82, 2.24) is 29.9 Å². The number of fused-ring (bicyclic) bond motifs is 1. The van der Waals surface area contributed by atoms with E-state index in [-0.39, 0.29) is 17.7 Å². The van der Waals surface area contributed by atoms with Gasteiger partial charge in [-0.3, -0.25) is 29.1 Å². The molecular formula is C32H42N6O2. The molecule has 3 aliphatic rings. The van der Waals surface area contributed by atoms with E-state index in [9.17, 15) is 9.59 Å². The van der Waals surface area contributed by atoms with Crippen LogP contribution in [0.3, 0.4) is 0 Å². The Morgan fingerprint density at radius 1 is 1.12 bits per heavy atom. The lowest BCUT2D eigenvalue weighted by atomic mass is 9.93. The molecule has 1 N–H and O–H groups in total. The number of rotatable bonds is 9. The number of Topliss-reactive ketones (excluding diaryl/α,β-unsaturated/α-hetero) is 1. The van der Waals surface area contributed by atoms with Crippen LogP contribution in [0.15, 0.2) is 61.1 Å². The second-order valence-corrected chi connectivity index (χ2v) is 11.3. The summed E-state index contributed by atoms with van der Waals surface area (Å²) in [6.45, 7) is 11.2. The molecule has 4 heterocycles. The van der Waals surface area contributed by atoms with Gasteiger partial charge in [-0.2, -0.15) is 5.10 Å². The van der Waals surface area contributed by atoms with Gasteiger partial charge in [0.05, 0.1) is 36.9 Å². The first-order valence-electron chi connectivity index (χ1n) is 14.8. The Morgan fingerprint density at radius 3 is 2.58 bits per heavy atom. The van der Waals surface area contributed by atoms with E-state index < -0.39 is 0 Å². The van der Waals surface area contributed by atoms with Gasteiger partial charge in [0.25, 0.3) is 0 Å². The highest BCUT2D eigenvalue weighted by atomic mass is 16.1. The highest BCUT2D eigenvalue weighted by molar-refractivity contribution is 6.00. The van der Waals surface area contributed by atoms with E-state index in [1.807, 2.05) is 24.7 Å². The molecule has 1 amide bonds. The number of pyridine rings is 1. The molecule has 1 saturated heterocycles. The maximum Gasteiger partial charge on any atom is 0.225 e. The molecule has 2 aromatic heterocycles. The fraction of sp³-hybridized carbons (Fsp3) is 0.500. The number of nitrogens with one attached hydrogen (secondary N) is 1. The van der Waals surface area contributed by atoms with Crippen molar-refractivity contribution in [1.29, 1.82) is 0 Å². The van der Waals surface area contributed by atoms with Crippen molar-refractivity contribution in [2.45, 2.75) is 70.5 Å². The summed E-state index contributed by atoms with van der Waals surface area (Å²) in [7, 11) is 0. The Morgan fingerprint density at radius 2 is 1.85 bits per heavy atom. The predicted octanol–water partition coefficient (Wildman–Crippen LogP) is 4.12. The quantitative estimate of drug-likeness (QED) is 0.379. The standard InChI is InChI=1S/C32H42N6O2/c1-3-4-7-28-19-26(32-27(20-31(40)35-28)21-34-38(32)29-8-5-6-9-29)18-24(2)30(39)23-37-16-14-36(15-17-37)22-25-10-12-33-13-11-25/h4,7,10-13,18,21,28-29H,2-3,5-6,8-9,14-17,19-20,22-23H2,1H3,(H,35,40)/b7-4?,26-18+. The summed E-state index contributed by atoms with van der Waals surface area (Å²) in [5.41, 5.74) is 4.75. The Kier molecular flexibility index (Phi) is 9.39. The molecule has 0 bridgehead atoms. The number of aromatic nitrogens is 3. The summed E-state index contributed by atoms with van der Waals surface area (Å²) >= 11 is 0. The van der Waals surface area contributed by atoms with E-state index in [1.165, 1.54) is 18.4 Å².